The normalized spacial score (nSPS) is 46.1. The second-order valence-electron chi connectivity index (χ2n) is 6.14. The number of rotatable bonds is 2. The zero-order chi connectivity index (χ0) is 12.2. The highest BCUT2D eigenvalue weighted by molar-refractivity contribution is 5.26. The van der Waals surface area contributed by atoms with Crippen LogP contribution < -0.4 is 0 Å². The van der Waals surface area contributed by atoms with Gasteiger partial charge in [-0.05, 0) is 17.9 Å². The first-order valence-electron chi connectivity index (χ1n) is 6.68. The molecule has 3 saturated heterocycles. The zero-order valence-electron chi connectivity index (χ0n) is 10.6. The fourth-order valence-corrected chi connectivity index (χ4v) is 3.05. The van der Waals surface area contributed by atoms with Crippen LogP contribution in [0.5, 0.6) is 0 Å². The molecule has 2 atom stereocenters. The monoisotopic (exact) mass is 246 g/mol. The molecule has 0 amide bonds. The minimum Gasteiger partial charge on any atom is -0.326 e. The molecular formula is C15H18O3. The molecule has 0 radical (unpaired) electrons. The SMILES string of the molecule is CC12COC(C3CC3c3ccccc3)(OC1)OC2. The predicted octanol–water partition coefficient (Wildman–Crippen LogP) is 2.53. The summed E-state index contributed by atoms with van der Waals surface area (Å²) in [5.41, 5.74) is 1.42. The zero-order valence-corrected chi connectivity index (χ0v) is 10.6. The van der Waals surface area contributed by atoms with Crippen molar-refractivity contribution in [1.82, 2.24) is 0 Å². The maximum atomic E-state index is 5.90. The number of fused-ring (bicyclic) bond motifs is 3. The molecule has 3 heteroatoms. The highest BCUT2D eigenvalue weighted by atomic mass is 16.9. The summed E-state index contributed by atoms with van der Waals surface area (Å²) in [7, 11) is 0. The summed E-state index contributed by atoms with van der Waals surface area (Å²) in [6.45, 7) is 4.42. The standard InChI is InChI=1S/C15H18O3/c1-14-8-16-15(17-9-14,18-10-14)13-7-12(13)11-5-3-2-4-6-11/h2-6,12-13H,7-10H2,1H3. The van der Waals surface area contributed by atoms with Crippen molar-refractivity contribution in [3.05, 3.63) is 35.9 Å². The third kappa shape index (κ3) is 1.54. The summed E-state index contributed by atoms with van der Waals surface area (Å²) in [6.07, 6.45) is 1.10. The third-order valence-electron chi connectivity index (χ3n) is 4.34. The molecule has 0 aromatic heterocycles. The smallest absolute Gasteiger partial charge is 0.286 e. The fraction of sp³-hybridized carbons (Fsp3) is 0.600. The first-order valence-corrected chi connectivity index (χ1v) is 6.68. The minimum absolute atomic E-state index is 0.0544. The van der Waals surface area contributed by atoms with Crippen LogP contribution in [0.15, 0.2) is 30.3 Å². The van der Waals surface area contributed by atoms with E-state index < -0.39 is 5.97 Å². The van der Waals surface area contributed by atoms with Crippen molar-refractivity contribution in [3.63, 3.8) is 0 Å². The van der Waals surface area contributed by atoms with Gasteiger partial charge in [0.1, 0.15) is 0 Å². The molecule has 3 nitrogen and oxygen atoms in total. The summed E-state index contributed by atoms with van der Waals surface area (Å²) in [5.74, 6) is 0.122. The van der Waals surface area contributed by atoms with Gasteiger partial charge in [0.05, 0.1) is 19.8 Å². The van der Waals surface area contributed by atoms with Crippen LogP contribution in [0.2, 0.25) is 0 Å². The van der Waals surface area contributed by atoms with E-state index in [1.54, 1.807) is 0 Å². The molecule has 1 aromatic carbocycles. The molecule has 4 fully saturated rings. The Morgan fingerprint density at radius 2 is 1.61 bits per heavy atom. The molecule has 0 N–H and O–H groups in total. The van der Waals surface area contributed by atoms with E-state index in [-0.39, 0.29) is 5.41 Å². The Bertz CT molecular complexity index is 432. The first kappa shape index (κ1) is 11.0. The molecular weight excluding hydrogens is 228 g/mol. The van der Waals surface area contributed by atoms with Gasteiger partial charge in [0.25, 0.3) is 5.97 Å². The molecule has 4 aliphatic rings. The third-order valence-corrected chi connectivity index (χ3v) is 4.34. The molecule has 2 unspecified atom stereocenters. The Labute approximate surface area is 107 Å². The van der Waals surface area contributed by atoms with E-state index in [2.05, 4.69) is 37.3 Å². The van der Waals surface area contributed by atoms with Gasteiger partial charge in [-0.3, -0.25) is 0 Å². The Morgan fingerprint density at radius 3 is 2.22 bits per heavy atom. The van der Waals surface area contributed by atoms with E-state index >= 15 is 0 Å². The van der Waals surface area contributed by atoms with Crippen LogP contribution in [0.4, 0.5) is 0 Å². The van der Waals surface area contributed by atoms with Gasteiger partial charge in [-0.15, -0.1) is 0 Å². The quantitative estimate of drug-likeness (QED) is 0.802. The van der Waals surface area contributed by atoms with Gasteiger partial charge in [0, 0.05) is 11.3 Å². The van der Waals surface area contributed by atoms with E-state index in [1.165, 1.54) is 5.56 Å². The highest BCUT2D eigenvalue weighted by Gasteiger charge is 2.62. The summed E-state index contributed by atoms with van der Waals surface area (Å²) >= 11 is 0. The van der Waals surface area contributed by atoms with Crippen LogP contribution in [0, 0.1) is 11.3 Å². The lowest BCUT2D eigenvalue weighted by Gasteiger charge is -2.50. The van der Waals surface area contributed by atoms with Crippen molar-refractivity contribution in [2.24, 2.45) is 11.3 Å². The molecule has 0 spiro atoms. The van der Waals surface area contributed by atoms with E-state index in [4.69, 9.17) is 14.2 Å². The molecule has 2 bridgehead atoms. The van der Waals surface area contributed by atoms with Gasteiger partial charge in [0.2, 0.25) is 0 Å². The lowest BCUT2D eigenvalue weighted by atomic mass is 9.91. The maximum absolute atomic E-state index is 5.90. The summed E-state index contributed by atoms with van der Waals surface area (Å²) in [5, 5.41) is 0. The molecule has 1 aromatic rings. The van der Waals surface area contributed by atoms with Crippen molar-refractivity contribution in [3.8, 4) is 0 Å². The van der Waals surface area contributed by atoms with Gasteiger partial charge < -0.3 is 14.2 Å². The van der Waals surface area contributed by atoms with Crippen molar-refractivity contribution in [2.45, 2.75) is 25.2 Å². The number of benzene rings is 1. The van der Waals surface area contributed by atoms with Crippen molar-refractivity contribution >= 4 is 0 Å². The largest absolute Gasteiger partial charge is 0.326 e. The molecule has 96 valence electrons. The van der Waals surface area contributed by atoms with Gasteiger partial charge in [-0.1, -0.05) is 37.3 Å². The van der Waals surface area contributed by atoms with Gasteiger partial charge in [-0.2, -0.15) is 0 Å². The van der Waals surface area contributed by atoms with Crippen LogP contribution in [-0.2, 0) is 14.2 Å². The molecule has 1 aliphatic carbocycles. The van der Waals surface area contributed by atoms with E-state index in [1.807, 2.05) is 0 Å². The van der Waals surface area contributed by atoms with Gasteiger partial charge in [0.15, 0.2) is 0 Å². The van der Waals surface area contributed by atoms with Crippen LogP contribution in [0.3, 0.4) is 0 Å². The average molecular weight is 246 g/mol. The fourth-order valence-electron chi connectivity index (χ4n) is 3.05. The number of ether oxygens (including phenoxy) is 3. The maximum Gasteiger partial charge on any atom is 0.286 e. The van der Waals surface area contributed by atoms with Gasteiger partial charge >= 0.3 is 0 Å². The molecule has 5 rings (SSSR count). The van der Waals surface area contributed by atoms with Crippen LogP contribution in [-0.4, -0.2) is 25.8 Å². The Balaban J connectivity index is 1.53. The molecule has 3 aliphatic heterocycles. The Kier molecular flexibility index (Phi) is 2.17. The summed E-state index contributed by atoms with van der Waals surface area (Å²) in [6, 6.07) is 10.6. The Hall–Kier alpha value is -0.900. The molecule has 1 saturated carbocycles. The number of hydrogen-bond donors (Lipinski definition) is 0. The highest BCUT2D eigenvalue weighted by Crippen LogP contribution is 2.58. The van der Waals surface area contributed by atoms with Crippen LogP contribution in [0.1, 0.15) is 24.8 Å². The topological polar surface area (TPSA) is 27.7 Å². The van der Waals surface area contributed by atoms with Crippen LogP contribution >= 0.6 is 0 Å². The molecule has 18 heavy (non-hydrogen) atoms. The lowest BCUT2D eigenvalue weighted by molar-refractivity contribution is -0.474. The predicted molar refractivity (Wildman–Crippen MR) is 66.0 cm³/mol. The average Bonchev–Trinajstić information content (AvgIpc) is 3.22. The summed E-state index contributed by atoms with van der Waals surface area (Å²) in [4.78, 5) is 0. The van der Waals surface area contributed by atoms with E-state index in [0.29, 0.717) is 11.8 Å². The molecule has 3 heterocycles. The first-order chi connectivity index (χ1) is 8.71. The number of hydrogen-bond acceptors (Lipinski definition) is 3. The van der Waals surface area contributed by atoms with Gasteiger partial charge in [-0.25, -0.2) is 0 Å². The van der Waals surface area contributed by atoms with Crippen molar-refractivity contribution in [2.75, 3.05) is 19.8 Å². The van der Waals surface area contributed by atoms with Crippen molar-refractivity contribution in [1.29, 1.82) is 0 Å². The van der Waals surface area contributed by atoms with Crippen molar-refractivity contribution < 1.29 is 14.2 Å². The van der Waals surface area contributed by atoms with E-state index in [0.717, 1.165) is 26.2 Å². The lowest BCUT2D eigenvalue weighted by Crippen LogP contribution is -2.60. The second kappa shape index (κ2) is 3.56. The van der Waals surface area contributed by atoms with Crippen LogP contribution in [0.25, 0.3) is 0 Å². The van der Waals surface area contributed by atoms with E-state index in [9.17, 15) is 0 Å². The summed E-state index contributed by atoms with van der Waals surface area (Å²) < 4.78 is 17.7. The minimum atomic E-state index is -0.752. The Morgan fingerprint density at radius 1 is 1.00 bits per heavy atom. The second-order valence-corrected chi connectivity index (χ2v) is 6.14.